The molecule has 3 heterocycles. The van der Waals surface area contributed by atoms with E-state index >= 15 is 4.39 Å². The first-order chi connectivity index (χ1) is 26.8. The van der Waals surface area contributed by atoms with Gasteiger partial charge in [0.05, 0.1) is 18.2 Å². The van der Waals surface area contributed by atoms with Crippen LogP contribution in [0.15, 0.2) is 84.9 Å². The van der Waals surface area contributed by atoms with E-state index in [0.29, 0.717) is 36.6 Å². The van der Waals surface area contributed by atoms with Crippen molar-refractivity contribution in [2.45, 2.75) is 69.4 Å². The maximum absolute atomic E-state index is 16.1. The largest absolute Gasteiger partial charge is 0.508 e. The maximum atomic E-state index is 16.1. The topological polar surface area (TPSA) is 84.4 Å². The van der Waals surface area contributed by atoms with E-state index in [1.807, 2.05) is 36.4 Å². The fraction of sp³-hybridized carbons (Fsp3) is 0.413. The van der Waals surface area contributed by atoms with Gasteiger partial charge >= 0.3 is 0 Å². The van der Waals surface area contributed by atoms with Crippen LogP contribution in [0.25, 0.3) is 0 Å². The smallest absolute Gasteiger partial charge is 0.255 e. The van der Waals surface area contributed by atoms with Gasteiger partial charge in [-0.15, -0.1) is 0 Å². The van der Waals surface area contributed by atoms with Crippen molar-refractivity contribution in [1.82, 2.24) is 9.80 Å². The van der Waals surface area contributed by atoms with Crippen LogP contribution in [0.2, 0.25) is 0 Å². The highest BCUT2D eigenvalue weighted by Gasteiger charge is 2.39. The number of piperazine rings is 1. The summed E-state index contributed by atoms with van der Waals surface area (Å²) in [5.41, 5.74) is 8.01. The van der Waals surface area contributed by atoms with Crippen molar-refractivity contribution >= 4 is 28.8 Å². The highest BCUT2D eigenvalue weighted by atomic mass is 19.1. The molecule has 0 aromatic heterocycles. The molecule has 2 aliphatic carbocycles. The number of aryl methyl sites for hydroxylation is 1. The number of aromatic hydroxyl groups is 1. The van der Waals surface area contributed by atoms with Crippen molar-refractivity contribution in [3.63, 3.8) is 0 Å². The molecule has 1 amide bonds. The molecule has 0 spiro atoms. The van der Waals surface area contributed by atoms with E-state index < -0.39 is 6.04 Å². The van der Waals surface area contributed by atoms with E-state index in [9.17, 15) is 19.5 Å². The quantitative estimate of drug-likeness (QED) is 0.203. The minimum atomic E-state index is -0.494. The lowest BCUT2D eigenvalue weighted by Gasteiger charge is -2.40. The summed E-state index contributed by atoms with van der Waals surface area (Å²) in [7, 11) is 0. The van der Waals surface area contributed by atoms with Crippen LogP contribution in [0, 0.1) is 11.7 Å². The Morgan fingerprint density at radius 2 is 1.51 bits per heavy atom. The van der Waals surface area contributed by atoms with E-state index in [4.69, 9.17) is 0 Å². The van der Waals surface area contributed by atoms with Crippen LogP contribution in [0.1, 0.15) is 88.5 Å². The minimum absolute atomic E-state index is 0.0194. The molecule has 5 aliphatic rings. The van der Waals surface area contributed by atoms with Crippen molar-refractivity contribution in [2.24, 2.45) is 5.92 Å². The average Bonchev–Trinajstić information content (AvgIpc) is 3.53. The number of fused-ring (bicyclic) bond motifs is 2. The van der Waals surface area contributed by atoms with E-state index in [2.05, 4.69) is 51.1 Å². The summed E-state index contributed by atoms with van der Waals surface area (Å²) in [6, 6.07) is 27.7. The van der Waals surface area contributed by atoms with Crippen molar-refractivity contribution in [3.8, 4) is 5.75 Å². The third-order valence-corrected chi connectivity index (χ3v) is 13.1. The van der Waals surface area contributed by atoms with Gasteiger partial charge in [0.25, 0.3) is 5.91 Å². The molecule has 0 radical (unpaired) electrons. The van der Waals surface area contributed by atoms with Gasteiger partial charge in [-0.1, -0.05) is 42.5 Å². The van der Waals surface area contributed by atoms with Crippen LogP contribution < -0.4 is 9.80 Å². The van der Waals surface area contributed by atoms with Crippen molar-refractivity contribution < 1.29 is 23.9 Å². The summed E-state index contributed by atoms with van der Waals surface area (Å²) >= 11 is 0. The lowest BCUT2D eigenvalue weighted by Crippen LogP contribution is -2.49. The number of piperidine rings is 1. The summed E-state index contributed by atoms with van der Waals surface area (Å²) < 4.78 is 16.1. The molecule has 1 N–H and O–H groups in total. The van der Waals surface area contributed by atoms with Gasteiger partial charge in [0.15, 0.2) is 5.78 Å². The van der Waals surface area contributed by atoms with Gasteiger partial charge in [-0.2, -0.15) is 0 Å². The second-order valence-corrected chi connectivity index (χ2v) is 16.4. The molecular weight excluding hydrogens is 692 g/mol. The van der Waals surface area contributed by atoms with E-state index in [0.717, 1.165) is 93.9 Å². The third-order valence-electron chi connectivity index (χ3n) is 13.1. The number of carbonyl (C=O) groups excluding carboxylic acids is 3. The molecule has 4 aromatic rings. The number of hydrogen-bond acceptors (Lipinski definition) is 7. The molecule has 9 rings (SSSR count). The number of phenolic OH excluding ortho intramolecular Hbond substituents is 1. The molecule has 3 atom stereocenters. The van der Waals surface area contributed by atoms with Crippen LogP contribution in [0.4, 0.5) is 15.8 Å². The molecular formula is C46H49FN4O4. The first-order valence-electron chi connectivity index (χ1n) is 20.2. The molecule has 1 saturated carbocycles. The van der Waals surface area contributed by atoms with Crippen molar-refractivity contribution in [2.75, 3.05) is 55.6 Å². The van der Waals surface area contributed by atoms with Crippen LogP contribution in [0.3, 0.4) is 0 Å². The highest BCUT2D eigenvalue weighted by Crippen LogP contribution is 2.47. The number of halogens is 1. The van der Waals surface area contributed by atoms with E-state index in [1.165, 1.54) is 11.1 Å². The normalized spacial score (nSPS) is 23.6. The van der Waals surface area contributed by atoms with Gasteiger partial charge in [0.2, 0.25) is 0 Å². The number of phenols is 1. The fourth-order valence-corrected chi connectivity index (χ4v) is 10.1. The summed E-state index contributed by atoms with van der Waals surface area (Å²) in [5, 5.41) is 10.2. The Bertz CT molecular complexity index is 2110. The van der Waals surface area contributed by atoms with Gasteiger partial charge in [-0.05, 0) is 114 Å². The van der Waals surface area contributed by atoms with E-state index in [1.54, 1.807) is 17.0 Å². The number of hydrogen-bond donors (Lipinski definition) is 1. The number of Topliss-reactive ketones (excluding diaryl/α,β-unsaturated/α-hetero) is 2. The van der Waals surface area contributed by atoms with Gasteiger partial charge in [-0.25, -0.2) is 4.39 Å². The zero-order valence-electron chi connectivity index (χ0n) is 31.3. The Kier molecular flexibility index (Phi) is 9.67. The van der Waals surface area contributed by atoms with Gasteiger partial charge < -0.3 is 19.8 Å². The number of nitrogens with zero attached hydrogens (tertiary/aromatic N) is 4. The second kappa shape index (κ2) is 14.9. The molecule has 4 aromatic carbocycles. The minimum Gasteiger partial charge on any atom is -0.508 e. The molecule has 9 heteroatoms. The lowest BCUT2D eigenvalue weighted by atomic mass is 9.69. The van der Waals surface area contributed by atoms with Gasteiger partial charge in [-0.3, -0.25) is 19.3 Å². The molecule has 0 bridgehead atoms. The molecule has 55 heavy (non-hydrogen) atoms. The first kappa shape index (κ1) is 35.7. The van der Waals surface area contributed by atoms with E-state index in [-0.39, 0.29) is 47.3 Å². The van der Waals surface area contributed by atoms with Crippen LogP contribution >= 0.6 is 0 Å². The SMILES string of the molecule is O=C1CCC(N2Cc3cc(N4CCN(CC5CCN(c6ccc([C@@H]7c8ccc(O)cc8CC[C@@H]7c7ccccc7)cc6F)CC5)CC4)ccc3C2=O)C(=O)C1. The summed E-state index contributed by atoms with van der Waals surface area (Å²) in [5.74, 6) is 0.678. The van der Waals surface area contributed by atoms with Crippen LogP contribution in [-0.4, -0.2) is 84.2 Å². The molecule has 284 valence electrons. The Hall–Kier alpha value is -5.02. The Morgan fingerprint density at radius 1 is 0.709 bits per heavy atom. The fourth-order valence-electron chi connectivity index (χ4n) is 10.1. The Labute approximate surface area is 322 Å². The lowest BCUT2D eigenvalue weighted by molar-refractivity contribution is -0.133. The molecule has 2 saturated heterocycles. The predicted molar refractivity (Wildman–Crippen MR) is 211 cm³/mol. The highest BCUT2D eigenvalue weighted by molar-refractivity contribution is 6.07. The summed E-state index contributed by atoms with van der Waals surface area (Å²) in [4.78, 5) is 46.3. The Balaban J connectivity index is 0.795. The average molecular weight is 741 g/mol. The first-order valence-corrected chi connectivity index (χ1v) is 20.2. The van der Waals surface area contributed by atoms with Crippen LogP contribution in [0.5, 0.6) is 5.75 Å². The number of rotatable bonds is 7. The molecule has 8 nitrogen and oxygen atoms in total. The number of anilines is 2. The number of ketones is 2. The summed E-state index contributed by atoms with van der Waals surface area (Å²) in [6.45, 7) is 6.91. The van der Waals surface area contributed by atoms with Gasteiger partial charge in [0, 0.05) is 75.9 Å². The number of amides is 1. The monoisotopic (exact) mass is 740 g/mol. The molecule has 3 aliphatic heterocycles. The number of benzene rings is 4. The third kappa shape index (κ3) is 7.03. The van der Waals surface area contributed by atoms with Crippen molar-refractivity contribution in [3.05, 3.63) is 124 Å². The zero-order chi connectivity index (χ0) is 37.6. The van der Waals surface area contributed by atoms with Gasteiger partial charge in [0.1, 0.15) is 17.3 Å². The summed E-state index contributed by atoms with van der Waals surface area (Å²) in [6.07, 6.45) is 4.62. The maximum Gasteiger partial charge on any atom is 0.255 e. The Morgan fingerprint density at radius 3 is 2.27 bits per heavy atom. The zero-order valence-corrected chi connectivity index (χ0v) is 31.3. The standard InChI is InChI=1S/C46H49FN4O4/c47-41-26-33(45-38(31-4-2-1-3-5-31)11-6-32-25-36(52)9-13-39(32)45)7-14-42(41)50-18-16-30(17-19-50)28-48-20-22-49(23-21-48)35-8-12-40-34(24-35)29-51(46(40)55)43-15-10-37(53)27-44(43)54/h1-5,7-9,12-14,24-26,30,38,43,45,52H,6,10-11,15-23,27-29H2/t38-,43?,45+/m1/s1. The van der Waals surface area contributed by atoms with Crippen molar-refractivity contribution in [1.29, 1.82) is 0 Å². The number of carbonyl (C=O) groups is 3. The van der Waals surface area contributed by atoms with Crippen LogP contribution in [-0.2, 0) is 22.6 Å². The predicted octanol–water partition coefficient (Wildman–Crippen LogP) is 7.08. The second-order valence-electron chi connectivity index (χ2n) is 16.4. The molecule has 1 unspecified atom stereocenters. The molecule has 3 fully saturated rings.